The topological polar surface area (TPSA) is 63.8 Å². The highest BCUT2D eigenvalue weighted by atomic mass is 15.3. The van der Waals surface area contributed by atoms with Crippen molar-refractivity contribution in [1.82, 2.24) is 19.6 Å². The highest BCUT2D eigenvalue weighted by molar-refractivity contribution is 5.51. The first-order chi connectivity index (χ1) is 15.3. The highest BCUT2D eigenvalue weighted by Crippen LogP contribution is 2.42. The van der Waals surface area contributed by atoms with Crippen LogP contribution in [0.25, 0.3) is 16.2 Å². The summed E-state index contributed by atoms with van der Waals surface area (Å²) < 4.78 is 3.62. The fourth-order valence-corrected chi connectivity index (χ4v) is 3.67. The molecule has 2 aromatic carbocycles. The van der Waals surface area contributed by atoms with E-state index in [1.165, 1.54) is 0 Å². The van der Waals surface area contributed by atoms with E-state index in [-0.39, 0.29) is 10.8 Å². The Labute approximate surface area is 188 Å². The van der Waals surface area contributed by atoms with Crippen molar-refractivity contribution in [2.24, 2.45) is 0 Å². The quantitative estimate of drug-likeness (QED) is 0.387. The number of nitriles is 1. The lowest BCUT2D eigenvalue weighted by molar-refractivity contribution is 0.286. The Morgan fingerprint density at radius 2 is 1.34 bits per heavy atom. The zero-order valence-corrected chi connectivity index (χ0v) is 18.6. The van der Waals surface area contributed by atoms with Crippen LogP contribution in [0.3, 0.4) is 0 Å². The summed E-state index contributed by atoms with van der Waals surface area (Å²) in [5, 5.41) is 18.9. The van der Waals surface area contributed by atoms with Crippen LogP contribution in [-0.4, -0.2) is 19.6 Å². The van der Waals surface area contributed by atoms with Crippen LogP contribution in [-0.2, 0) is 10.8 Å². The zero-order valence-electron chi connectivity index (χ0n) is 18.6. The maximum Gasteiger partial charge on any atom is 0.189 e. The molecule has 0 aliphatic heterocycles. The Morgan fingerprint density at radius 3 is 1.88 bits per heavy atom. The third kappa shape index (κ3) is 3.57. The minimum Gasteiger partial charge on any atom is -0.242 e. The Morgan fingerprint density at radius 1 is 0.812 bits per heavy atom. The van der Waals surface area contributed by atoms with Gasteiger partial charge in [0.25, 0.3) is 0 Å². The van der Waals surface area contributed by atoms with Gasteiger partial charge in [-0.3, -0.25) is 0 Å². The molecule has 0 radical (unpaired) electrons. The van der Waals surface area contributed by atoms with Gasteiger partial charge in [-0.1, -0.05) is 45.9 Å². The molecule has 0 N–H and O–H groups in total. The Hall–Kier alpha value is -4.16. The maximum absolute atomic E-state index is 9.19. The van der Waals surface area contributed by atoms with Crippen molar-refractivity contribution < 1.29 is 0 Å². The summed E-state index contributed by atoms with van der Waals surface area (Å²) in [4.78, 5) is 3.51. The van der Waals surface area contributed by atoms with Gasteiger partial charge < -0.3 is 0 Å². The van der Waals surface area contributed by atoms with Crippen molar-refractivity contribution in [2.45, 2.75) is 38.5 Å². The van der Waals surface area contributed by atoms with Crippen molar-refractivity contribution in [2.75, 3.05) is 0 Å². The lowest BCUT2D eigenvalue weighted by Gasteiger charge is -2.39. The van der Waals surface area contributed by atoms with Gasteiger partial charge in [0.2, 0.25) is 0 Å². The molecule has 4 aromatic rings. The van der Waals surface area contributed by atoms with E-state index in [1.807, 2.05) is 70.3 Å². The van der Waals surface area contributed by atoms with Crippen LogP contribution in [0.5, 0.6) is 0 Å². The molecule has 2 heterocycles. The van der Waals surface area contributed by atoms with E-state index in [4.69, 9.17) is 16.8 Å². The van der Waals surface area contributed by atoms with Crippen LogP contribution in [0.15, 0.2) is 73.1 Å². The molecule has 0 aliphatic rings. The SMILES string of the molecule is [C-]#[N+]c1cccc(-n2ccc(C(C)(C)C(C)(C)c3ccn(-c4cccc(C#N)c4)n3)n2)c1. The normalized spacial score (nSPS) is 11.7. The number of rotatable bonds is 5. The molecule has 6 heteroatoms. The molecule has 0 aliphatic carbocycles. The van der Waals surface area contributed by atoms with Crippen LogP contribution in [0, 0.1) is 17.9 Å². The van der Waals surface area contributed by atoms with E-state index in [2.05, 4.69) is 38.6 Å². The van der Waals surface area contributed by atoms with Crippen LogP contribution in [0.2, 0.25) is 0 Å². The molecular weight excluding hydrogens is 396 g/mol. The van der Waals surface area contributed by atoms with E-state index < -0.39 is 0 Å². The Bertz CT molecular complexity index is 1250. The summed E-state index contributed by atoms with van der Waals surface area (Å²) in [6.45, 7) is 15.9. The molecular formula is C26H24N6. The smallest absolute Gasteiger partial charge is 0.189 e. The van der Waals surface area contributed by atoms with E-state index >= 15 is 0 Å². The first-order valence-electron chi connectivity index (χ1n) is 10.4. The van der Waals surface area contributed by atoms with Gasteiger partial charge in [0.05, 0.1) is 41.0 Å². The fraction of sp³-hybridized carbons (Fsp3) is 0.231. The maximum atomic E-state index is 9.19. The highest BCUT2D eigenvalue weighted by Gasteiger charge is 2.43. The van der Waals surface area contributed by atoms with Crippen LogP contribution in [0.4, 0.5) is 5.69 Å². The summed E-state index contributed by atoms with van der Waals surface area (Å²) in [7, 11) is 0. The molecule has 32 heavy (non-hydrogen) atoms. The first kappa shape index (κ1) is 21.1. The third-order valence-electron chi connectivity index (χ3n) is 6.48. The monoisotopic (exact) mass is 420 g/mol. The zero-order chi connectivity index (χ0) is 22.9. The number of nitrogens with zero attached hydrogens (tertiary/aromatic N) is 6. The van der Waals surface area contributed by atoms with Crippen molar-refractivity contribution in [3.63, 3.8) is 0 Å². The number of hydrogen-bond acceptors (Lipinski definition) is 3. The molecule has 0 atom stereocenters. The van der Waals surface area contributed by atoms with Crippen molar-refractivity contribution >= 4 is 5.69 Å². The number of aromatic nitrogens is 4. The Balaban J connectivity index is 1.67. The van der Waals surface area contributed by atoms with Gasteiger partial charge in [-0.05, 0) is 42.5 Å². The minimum absolute atomic E-state index is 0.330. The van der Waals surface area contributed by atoms with Gasteiger partial charge in [-0.2, -0.15) is 15.5 Å². The number of benzene rings is 2. The van der Waals surface area contributed by atoms with Crippen LogP contribution >= 0.6 is 0 Å². The summed E-state index contributed by atoms with van der Waals surface area (Å²) in [5.41, 5.74) is 4.13. The second-order valence-corrected chi connectivity index (χ2v) is 8.83. The molecule has 6 nitrogen and oxygen atoms in total. The number of hydrogen-bond donors (Lipinski definition) is 0. The van der Waals surface area contributed by atoms with Crippen molar-refractivity contribution in [3.05, 3.63) is 101 Å². The molecule has 158 valence electrons. The van der Waals surface area contributed by atoms with Crippen molar-refractivity contribution in [3.8, 4) is 17.4 Å². The molecule has 0 bridgehead atoms. The summed E-state index contributed by atoms with van der Waals surface area (Å²) >= 11 is 0. The molecule has 0 spiro atoms. The van der Waals surface area contributed by atoms with E-state index in [1.54, 1.807) is 12.1 Å². The second kappa shape index (κ2) is 7.83. The molecule has 0 fully saturated rings. The van der Waals surface area contributed by atoms with Gasteiger partial charge in [-0.25, -0.2) is 14.2 Å². The average molecular weight is 421 g/mol. The van der Waals surface area contributed by atoms with Gasteiger partial charge in [0.1, 0.15) is 0 Å². The van der Waals surface area contributed by atoms with E-state index in [9.17, 15) is 5.26 Å². The van der Waals surface area contributed by atoms with E-state index in [0.29, 0.717) is 11.3 Å². The average Bonchev–Trinajstić information content (AvgIpc) is 3.50. The summed E-state index contributed by atoms with van der Waals surface area (Å²) in [5.74, 6) is 0. The van der Waals surface area contributed by atoms with Crippen molar-refractivity contribution in [1.29, 1.82) is 5.26 Å². The van der Waals surface area contributed by atoms with Gasteiger partial charge in [0.15, 0.2) is 5.69 Å². The lowest BCUT2D eigenvalue weighted by Crippen LogP contribution is -2.41. The van der Waals surface area contributed by atoms with E-state index in [0.717, 1.165) is 22.8 Å². The van der Waals surface area contributed by atoms with Crippen LogP contribution in [0.1, 0.15) is 44.6 Å². The molecule has 0 unspecified atom stereocenters. The summed E-state index contributed by atoms with van der Waals surface area (Å²) in [6, 6.07) is 21.1. The molecule has 0 saturated heterocycles. The predicted octanol–water partition coefficient (Wildman–Crippen LogP) is 5.74. The lowest BCUT2D eigenvalue weighted by atomic mass is 9.64. The first-order valence-corrected chi connectivity index (χ1v) is 10.4. The van der Waals surface area contributed by atoms with Gasteiger partial charge >= 0.3 is 0 Å². The second-order valence-electron chi connectivity index (χ2n) is 8.83. The fourth-order valence-electron chi connectivity index (χ4n) is 3.67. The predicted molar refractivity (Wildman–Crippen MR) is 124 cm³/mol. The van der Waals surface area contributed by atoms with Gasteiger partial charge in [0, 0.05) is 23.2 Å². The standard InChI is InChI=1S/C26H24N6/c1-25(2,23-12-14-31(29-23)21-10-6-8-19(16-21)18-27)26(3,4)24-13-15-32(30-24)22-11-7-9-20(17-22)28-5/h6-17H,1-4H3. The largest absolute Gasteiger partial charge is 0.242 e. The molecule has 0 saturated carbocycles. The molecule has 4 rings (SSSR count). The molecule has 0 amide bonds. The Kier molecular flexibility index (Phi) is 5.16. The van der Waals surface area contributed by atoms with Crippen LogP contribution < -0.4 is 0 Å². The third-order valence-corrected chi connectivity index (χ3v) is 6.48. The van der Waals surface area contributed by atoms with Gasteiger partial charge in [-0.15, -0.1) is 0 Å². The molecule has 2 aromatic heterocycles. The minimum atomic E-state index is -0.331. The summed E-state index contributed by atoms with van der Waals surface area (Å²) in [6.07, 6.45) is 3.86.